The summed E-state index contributed by atoms with van der Waals surface area (Å²) in [5.74, 6) is 0.914. The molecule has 276 valence electrons. The van der Waals surface area contributed by atoms with Crippen LogP contribution < -0.4 is 0 Å². The van der Waals surface area contributed by atoms with Crippen LogP contribution in [0.5, 0.6) is 0 Å². The minimum Gasteiger partial charge on any atom is -0.454 e. The molecule has 0 aliphatic rings. The largest absolute Gasteiger partial charge is 0.454 e. The molecule has 4 nitrogen and oxygen atoms in total. The molecule has 0 unspecified atom stereocenters. The summed E-state index contributed by atoms with van der Waals surface area (Å²) in [6.45, 7) is 0. The van der Waals surface area contributed by atoms with Gasteiger partial charge < -0.3 is 8.98 Å². The molecule has 0 spiro atoms. The van der Waals surface area contributed by atoms with Gasteiger partial charge in [0.15, 0.2) is 5.58 Å². The molecule has 0 radical (unpaired) electrons. The van der Waals surface area contributed by atoms with E-state index in [-0.39, 0.29) is 0 Å². The zero-order valence-corrected chi connectivity index (χ0v) is 32.0. The van der Waals surface area contributed by atoms with Crippen molar-refractivity contribution in [2.24, 2.45) is 0 Å². The van der Waals surface area contributed by atoms with E-state index in [1.54, 1.807) is 0 Å². The molecule has 0 atom stereocenters. The second-order valence-electron chi connectivity index (χ2n) is 15.1. The number of hydrogen-bond acceptors (Lipinski definition) is 2. The SMILES string of the molecule is c1ccc(-c2ccc3c4ccc(-c5ccccc5)cc4n(-c4cccc5c4oc4cccc(-c6ccc(-c7nc8ccccc8n7-c7ccccc7)cc6)c45)c3c2)cc1. The normalized spacial score (nSPS) is 11.7. The van der Waals surface area contributed by atoms with Crippen molar-refractivity contribution < 1.29 is 4.42 Å². The van der Waals surface area contributed by atoms with Gasteiger partial charge in [0.05, 0.1) is 27.8 Å². The third-order valence-electron chi connectivity index (χ3n) is 11.8. The number of furan rings is 1. The second-order valence-corrected chi connectivity index (χ2v) is 15.1. The fourth-order valence-electron chi connectivity index (χ4n) is 9.00. The number of aromatic nitrogens is 3. The van der Waals surface area contributed by atoms with Gasteiger partial charge in [0.1, 0.15) is 11.4 Å². The van der Waals surface area contributed by atoms with E-state index in [9.17, 15) is 0 Å². The highest BCUT2D eigenvalue weighted by atomic mass is 16.3. The van der Waals surface area contributed by atoms with Crippen LogP contribution in [-0.2, 0) is 0 Å². The van der Waals surface area contributed by atoms with E-state index >= 15 is 0 Å². The molecule has 3 heterocycles. The first-order valence-corrected chi connectivity index (χ1v) is 20.0. The fraction of sp³-hybridized carbons (Fsp3) is 0. The predicted molar refractivity (Wildman–Crippen MR) is 244 cm³/mol. The van der Waals surface area contributed by atoms with Gasteiger partial charge in [-0.1, -0.05) is 164 Å². The van der Waals surface area contributed by atoms with Crippen molar-refractivity contribution >= 4 is 54.8 Å². The molecule has 4 heteroatoms. The minimum atomic E-state index is 0.857. The number of fused-ring (bicyclic) bond motifs is 7. The Morgan fingerprint density at radius 3 is 1.63 bits per heavy atom. The average molecular weight is 754 g/mol. The van der Waals surface area contributed by atoms with Gasteiger partial charge in [0.25, 0.3) is 0 Å². The molecule has 0 aliphatic carbocycles. The molecule has 12 aromatic rings. The zero-order chi connectivity index (χ0) is 38.9. The summed E-state index contributed by atoms with van der Waals surface area (Å²) in [5, 5.41) is 4.59. The van der Waals surface area contributed by atoms with Crippen molar-refractivity contribution in [1.82, 2.24) is 14.1 Å². The van der Waals surface area contributed by atoms with Gasteiger partial charge in [0, 0.05) is 32.8 Å². The number of hydrogen-bond donors (Lipinski definition) is 0. The van der Waals surface area contributed by atoms with E-state index in [1.165, 1.54) is 33.0 Å². The summed E-state index contributed by atoms with van der Waals surface area (Å²) in [4.78, 5) is 5.11. The van der Waals surface area contributed by atoms with Crippen molar-refractivity contribution in [2.45, 2.75) is 0 Å². The van der Waals surface area contributed by atoms with Crippen molar-refractivity contribution in [1.29, 1.82) is 0 Å². The summed E-state index contributed by atoms with van der Waals surface area (Å²) >= 11 is 0. The molecule has 0 saturated heterocycles. The fourth-order valence-corrected chi connectivity index (χ4v) is 9.00. The summed E-state index contributed by atoms with van der Waals surface area (Å²) in [5.41, 5.74) is 16.1. The van der Waals surface area contributed by atoms with Crippen LogP contribution in [0.4, 0.5) is 0 Å². The average Bonchev–Trinajstić information content (AvgIpc) is 3.99. The Labute approximate surface area is 340 Å². The maximum atomic E-state index is 6.95. The molecule has 0 fully saturated rings. The van der Waals surface area contributed by atoms with Gasteiger partial charge in [-0.2, -0.15) is 0 Å². The van der Waals surface area contributed by atoms with Crippen LogP contribution in [-0.4, -0.2) is 14.1 Å². The molecule has 0 saturated carbocycles. The van der Waals surface area contributed by atoms with Gasteiger partial charge in [-0.3, -0.25) is 4.57 Å². The Bertz CT molecular complexity index is 3430. The Hall–Kier alpha value is -7.95. The lowest BCUT2D eigenvalue weighted by molar-refractivity contribution is 0.666. The molecule has 0 bridgehead atoms. The van der Waals surface area contributed by atoms with Crippen LogP contribution in [0.2, 0.25) is 0 Å². The van der Waals surface area contributed by atoms with Gasteiger partial charge in [0.2, 0.25) is 0 Å². The third-order valence-corrected chi connectivity index (χ3v) is 11.8. The molecular weight excluding hydrogens is 719 g/mol. The first kappa shape index (κ1) is 33.2. The van der Waals surface area contributed by atoms with E-state index in [4.69, 9.17) is 9.40 Å². The van der Waals surface area contributed by atoms with Crippen molar-refractivity contribution in [3.8, 4) is 56.1 Å². The number of nitrogens with zero attached hydrogens (tertiary/aromatic N) is 3. The molecule has 0 amide bonds. The highest BCUT2D eigenvalue weighted by Crippen LogP contribution is 2.43. The van der Waals surface area contributed by atoms with Crippen molar-refractivity contribution in [3.05, 3.63) is 212 Å². The lowest BCUT2D eigenvalue weighted by Gasteiger charge is -2.11. The molecule has 0 aliphatic heterocycles. The van der Waals surface area contributed by atoms with Gasteiger partial charge in [-0.05, 0) is 81.9 Å². The highest BCUT2D eigenvalue weighted by molar-refractivity contribution is 6.16. The van der Waals surface area contributed by atoms with E-state index in [2.05, 4.69) is 209 Å². The van der Waals surface area contributed by atoms with Crippen molar-refractivity contribution in [3.63, 3.8) is 0 Å². The monoisotopic (exact) mass is 753 g/mol. The minimum absolute atomic E-state index is 0.857. The smallest absolute Gasteiger partial charge is 0.159 e. The molecule has 0 N–H and O–H groups in total. The standard InChI is InChI=1S/C55H35N3O/c1-4-14-36(15-5-1)40-30-32-44-45-33-31-41(37-16-6-2-7-17-37)35-51(45)58(50(44)34-40)49-24-12-21-46-53-43(20-13-25-52(53)59-54(46)49)38-26-28-39(29-27-38)55-56-47-22-10-11-23-48(47)57(55)42-18-8-3-9-19-42/h1-35H. The quantitative estimate of drug-likeness (QED) is 0.169. The van der Waals surface area contributed by atoms with E-state index in [0.29, 0.717) is 0 Å². The van der Waals surface area contributed by atoms with E-state index < -0.39 is 0 Å². The van der Waals surface area contributed by atoms with Crippen LogP contribution in [0, 0.1) is 0 Å². The number of para-hydroxylation sites is 4. The summed E-state index contributed by atoms with van der Waals surface area (Å²) in [7, 11) is 0. The van der Waals surface area contributed by atoms with Crippen molar-refractivity contribution in [2.75, 3.05) is 0 Å². The van der Waals surface area contributed by atoms with Crippen LogP contribution >= 0.6 is 0 Å². The number of rotatable bonds is 6. The van der Waals surface area contributed by atoms with Crippen LogP contribution in [0.25, 0.3) is 111 Å². The summed E-state index contributed by atoms with van der Waals surface area (Å²) in [6, 6.07) is 75.5. The molecule has 12 rings (SSSR count). The number of imidazole rings is 1. The maximum Gasteiger partial charge on any atom is 0.159 e. The van der Waals surface area contributed by atoms with Crippen LogP contribution in [0.3, 0.4) is 0 Å². The first-order chi connectivity index (χ1) is 29.3. The number of benzene rings is 9. The van der Waals surface area contributed by atoms with Crippen LogP contribution in [0.1, 0.15) is 0 Å². The summed E-state index contributed by atoms with van der Waals surface area (Å²) < 4.78 is 11.6. The van der Waals surface area contributed by atoms with Gasteiger partial charge in [-0.15, -0.1) is 0 Å². The van der Waals surface area contributed by atoms with E-state index in [0.717, 1.165) is 77.9 Å². The Morgan fingerprint density at radius 1 is 0.373 bits per heavy atom. The van der Waals surface area contributed by atoms with E-state index in [1.807, 2.05) is 12.1 Å². The topological polar surface area (TPSA) is 35.9 Å². The molecular formula is C55H35N3O. The molecule has 3 aromatic heterocycles. The van der Waals surface area contributed by atoms with Gasteiger partial charge >= 0.3 is 0 Å². The Kier molecular flexibility index (Phi) is 7.50. The summed E-state index contributed by atoms with van der Waals surface area (Å²) in [6.07, 6.45) is 0. The van der Waals surface area contributed by atoms with Crippen LogP contribution in [0.15, 0.2) is 217 Å². The van der Waals surface area contributed by atoms with Gasteiger partial charge in [-0.25, -0.2) is 4.98 Å². The zero-order valence-electron chi connectivity index (χ0n) is 32.0. The Morgan fingerprint density at radius 2 is 0.949 bits per heavy atom. The second kappa shape index (κ2) is 13.3. The predicted octanol–water partition coefficient (Wildman–Crippen LogP) is 14.7. The molecule has 59 heavy (non-hydrogen) atoms. The third kappa shape index (κ3) is 5.34. The lowest BCUT2D eigenvalue weighted by Crippen LogP contribution is -1.97. The highest BCUT2D eigenvalue weighted by Gasteiger charge is 2.21. The first-order valence-electron chi connectivity index (χ1n) is 20.0. The molecule has 9 aromatic carbocycles. The lowest BCUT2D eigenvalue weighted by atomic mass is 9.98. The maximum absolute atomic E-state index is 6.95. The Balaban J connectivity index is 1.04.